The molecule has 0 aromatic heterocycles. The van der Waals surface area contributed by atoms with E-state index in [1.54, 1.807) is 0 Å². The van der Waals surface area contributed by atoms with E-state index in [9.17, 15) is 19.8 Å². The molecule has 0 bridgehead atoms. The van der Waals surface area contributed by atoms with Crippen LogP contribution in [0, 0.1) is 5.41 Å². The average Bonchev–Trinajstić information content (AvgIpc) is 2.54. The first-order chi connectivity index (χ1) is 11.5. The zero-order valence-electron chi connectivity index (χ0n) is 17.7. The molecule has 0 spiro atoms. The van der Waals surface area contributed by atoms with Crippen LogP contribution in [-0.2, 0) is 9.59 Å². The summed E-state index contributed by atoms with van der Waals surface area (Å²) in [5, 5.41) is 22.8. The average molecular weight is 354 g/mol. The van der Waals surface area contributed by atoms with Crippen molar-refractivity contribution in [2.75, 3.05) is 0 Å². The van der Waals surface area contributed by atoms with E-state index in [1.807, 2.05) is 6.92 Å². The fourth-order valence-corrected chi connectivity index (χ4v) is 3.21. The standard InChI is InChI=1S/C20H38O4.2Li/c1-3-5-7-8-9-10-11-12-13-15-17-20(18(21)22,19(23)24)16-14-6-4-2;;/h3-17H2,1-2H3,(H,21,22)(H,23,24);;/q;2*+1/p-2. The van der Waals surface area contributed by atoms with Gasteiger partial charge in [-0.2, -0.15) is 0 Å². The van der Waals surface area contributed by atoms with Gasteiger partial charge < -0.3 is 19.8 Å². The maximum absolute atomic E-state index is 11.4. The molecule has 0 aliphatic heterocycles. The molecule has 0 N–H and O–H groups in total. The molecule has 0 atom stereocenters. The number of aliphatic carboxylic acids is 2. The Hall–Kier alpha value is 0.135. The Morgan fingerprint density at radius 2 is 0.846 bits per heavy atom. The smallest absolute Gasteiger partial charge is 0.549 e. The van der Waals surface area contributed by atoms with Crippen molar-refractivity contribution in [1.29, 1.82) is 0 Å². The summed E-state index contributed by atoms with van der Waals surface area (Å²) in [6.45, 7) is 4.21. The van der Waals surface area contributed by atoms with E-state index < -0.39 is 17.4 Å². The van der Waals surface area contributed by atoms with E-state index in [1.165, 1.54) is 38.5 Å². The Morgan fingerprint density at radius 3 is 1.19 bits per heavy atom. The van der Waals surface area contributed by atoms with Crippen LogP contribution in [0.1, 0.15) is 110 Å². The number of carboxylic acid groups (broad SMARTS) is 2. The van der Waals surface area contributed by atoms with Gasteiger partial charge in [0.2, 0.25) is 0 Å². The van der Waals surface area contributed by atoms with E-state index in [0.717, 1.165) is 32.1 Å². The molecule has 4 nitrogen and oxygen atoms in total. The summed E-state index contributed by atoms with van der Waals surface area (Å²) in [4.78, 5) is 22.8. The van der Waals surface area contributed by atoms with Gasteiger partial charge in [-0.3, -0.25) is 0 Å². The maximum Gasteiger partial charge on any atom is 1.00 e. The van der Waals surface area contributed by atoms with Gasteiger partial charge in [-0.15, -0.1) is 0 Å². The number of carboxylic acids is 2. The zero-order valence-corrected chi connectivity index (χ0v) is 17.7. The number of hydrogen-bond donors (Lipinski definition) is 0. The molecule has 6 heteroatoms. The van der Waals surface area contributed by atoms with Crippen LogP contribution in [-0.4, -0.2) is 11.9 Å². The number of unbranched alkanes of at least 4 members (excludes halogenated alkanes) is 11. The molecule has 0 aromatic rings. The van der Waals surface area contributed by atoms with Crippen molar-refractivity contribution in [2.45, 2.75) is 110 Å². The largest absolute Gasteiger partial charge is 1.00 e. The van der Waals surface area contributed by atoms with Crippen molar-refractivity contribution in [3.63, 3.8) is 0 Å². The first-order valence-electron chi connectivity index (χ1n) is 9.94. The van der Waals surface area contributed by atoms with Crippen LogP contribution < -0.4 is 47.9 Å². The molecular weight excluding hydrogens is 318 g/mol. The molecule has 0 heterocycles. The normalized spacial score (nSPS) is 10.7. The molecule has 0 rings (SSSR count). The van der Waals surface area contributed by atoms with Crippen LogP contribution in [0.3, 0.4) is 0 Å². The molecule has 0 aliphatic carbocycles. The molecule has 0 unspecified atom stereocenters. The van der Waals surface area contributed by atoms with Gasteiger partial charge in [-0.25, -0.2) is 0 Å². The summed E-state index contributed by atoms with van der Waals surface area (Å²) in [5.41, 5.74) is -1.80. The van der Waals surface area contributed by atoms with Gasteiger partial charge in [-0.05, 0) is 12.8 Å². The summed E-state index contributed by atoms with van der Waals surface area (Å²) in [7, 11) is 0. The zero-order chi connectivity index (χ0) is 18.3. The van der Waals surface area contributed by atoms with Crippen molar-refractivity contribution in [3.05, 3.63) is 0 Å². The van der Waals surface area contributed by atoms with Gasteiger partial charge in [0.05, 0.1) is 11.9 Å². The molecule has 0 aliphatic rings. The molecule has 0 aromatic carbocycles. The topological polar surface area (TPSA) is 80.3 Å². The monoisotopic (exact) mass is 354 g/mol. The van der Waals surface area contributed by atoms with E-state index >= 15 is 0 Å². The molecule has 0 fully saturated rings. The van der Waals surface area contributed by atoms with Crippen LogP contribution in [0.2, 0.25) is 0 Å². The minimum atomic E-state index is -1.80. The van der Waals surface area contributed by atoms with Crippen LogP contribution in [0.25, 0.3) is 0 Å². The van der Waals surface area contributed by atoms with E-state index in [0.29, 0.717) is 12.8 Å². The SMILES string of the molecule is CCCCCCCCCCCCC(CCCCC)(C(=O)[O-])C(=O)[O-].[Li+].[Li+]. The molecule has 0 radical (unpaired) electrons. The Labute approximate surface area is 184 Å². The van der Waals surface area contributed by atoms with Crippen LogP contribution in [0.4, 0.5) is 0 Å². The van der Waals surface area contributed by atoms with Gasteiger partial charge in [0.15, 0.2) is 0 Å². The Bertz CT molecular complexity index is 335. The number of hydrogen-bond acceptors (Lipinski definition) is 4. The number of carbonyl (C=O) groups is 2. The van der Waals surface area contributed by atoms with Crippen molar-refractivity contribution < 1.29 is 57.5 Å². The van der Waals surface area contributed by atoms with Crippen molar-refractivity contribution in [3.8, 4) is 0 Å². The second-order valence-electron chi connectivity index (χ2n) is 7.05. The summed E-state index contributed by atoms with van der Waals surface area (Å²) in [6.07, 6.45) is 14.0. The predicted octanol–water partition coefficient (Wildman–Crippen LogP) is -2.63. The Balaban J connectivity index is -0.00000264. The van der Waals surface area contributed by atoms with Gasteiger partial charge in [0, 0.05) is 5.41 Å². The third-order valence-electron chi connectivity index (χ3n) is 4.95. The van der Waals surface area contributed by atoms with E-state index in [4.69, 9.17) is 0 Å². The predicted molar refractivity (Wildman–Crippen MR) is 93.1 cm³/mol. The molecular formula is C20H36Li2O4. The molecule has 0 amide bonds. The fraction of sp³-hybridized carbons (Fsp3) is 0.900. The minimum Gasteiger partial charge on any atom is -0.549 e. The summed E-state index contributed by atoms with van der Waals surface area (Å²) in [5.74, 6) is -2.95. The second-order valence-corrected chi connectivity index (χ2v) is 7.05. The molecule has 142 valence electrons. The third-order valence-corrected chi connectivity index (χ3v) is 4.95. The molecule has 0 saturated heterocycles. The first-order valence-corrected chi connectivity index (χ1v) is 9.94. The van der Waals surface area contributed by atoms with Crippen LogP contribution >= 0.6 is 0 Å². The van der Waals surface area contributed by atoms with Crippen molar-refractivity contribution >= 4 is 11.9 Å². The Kier molecular flexibility index (Phi) is 23.6. The van der Waals surface area contributed by atoms with Gasteiger partial charge in [0.1, 0.15) is 0 Å². The van der Waals surface area contributed by atoms with Crippen LogP contribution in [0.5, 0.6) is 0 Å². The minimum absolute atomic E-state index is 0. The maximum atomic E-state index is 11.4. The van der Waals surface area contributed by atoms with Crippen molar-refractivity contribution in [1.82, 2.24) is 0 Å². The third kappa shape index (κ3) is 13.3. The van der Waals surface area contributed by atoms with Gasteiger partial charge >= 0.3 is 37.7 Å². The quantitative estimate of drug-likeness (QED) is 0.163. The summed E-state index contributed by atoms with van der Waals surface area (Å²) in [6, 6.07) is 0. The first kappa shape index (κ1) is 30.8. The van der Waals surface area contributed by atoms with Gasteiger partial charge in [0.25, 0.3) is 0 Å². The van der Waals surface area contributed by atoms with Gasteiger partial charge in [-0.1, -0.05) is 97.3 Å². The Morgan fingerprint density at radius 1 is 0.577 bits per heavy atom. The molecule has 26 heavy (non-hydrogen) atoms. The number of carbonyl (C=O) groups excluding carboxylic acids is 2. The second kappa shape index (κ2) is 19.9. The number of rotatable bonds is 17. The fourth-order valence-electron chi connectivity index (χ4n) is 3.21. The summed E-state index contributed by atoms with van der Waals surface area (Å²) < 4.78 is 0. The summed E-state index contributed by atoms with van der Waals surface area (Å²) >= 11 is 0. The van der Waals surface area contributed by atoms with Crippen molar-refractivity contribution in [2.24, 2.45) is 5.41 Å². The van der Waals surface area contributed by atoms with E-state index in [-0.39, 0.29) is 50.6 Å². The molecule has 0 saturated carbocycles. The van der Waals surface area contributed by atoms with Crippen LogP contribution in [0.15, 0.2) is 0 Å². The van der Waals surface area contributed by atoms with E-state index in [2.05, 4.69) is 6.92 Å².